The van der Waals surface area contributed by atoms with E-state index in [-0.39, 0.29) is 58.4 Å². The van der Waals surface area contributed by atoms with Gasteiger partial charge in [0.2, 0.25) is 11.8 Å². The van der Waals surface area contributed by atoms with Gasteiger partial charge < -0.3 is 45.5 Å². The molecule has 0 saturated carbocycles. The lowest BCUT2D eigenvalue weighted by Gasteiger charge is -2.26. The summed E-state index contributed by atoms with van der Waals surface area (Å²) in [6, 6.07) is 9.94. The lowest BCUT2D eigenvalue weighted by molar-refractivity contribution is -0.149. The molecule has 0 radical (unpaired) electrons. The van der Waals surface area contributed by atoms with Crippen LogP contribution >= 0.6 is 68.0 Å². The second-order valence-electron chi connectivity index (χ2n) is 18.5. The highest BCUT2D eigenvalue weighted by molar-refractivity contribution is 7.17. The number of amides is 5. The molecule has 30 heteroatoms. The first-order valence-electron chi connectivity index (χ1n) is 25.3. The first kappa shape index (κ1) is 61.9. The van der Waals surface area contributed by atoms with Crippen LogP contribution in [0.3, 0.4) is 0 Å². The van der Waals surface area contributed by atoms with Crippen molar-refractivity contribution in [2.45, 2.75) is 71.9 Å². The van der Waals surface area contributed by atoms with Crippen LogP contribution in [0.2, 0.25) is 0 Å². The molecular weight excluding hydrogens is 1200 g/mol. The van der Waals surface area contributed by atoms with E-state index in [1.54, 1.807) is 59.5 Å². The van der Waals surface area contributed by atoms with Gasteiger partial charge in [0.25, 0.3) is 17.7 Å². The summed E-state index contributed by atoms with van der Waals surface area (Å²) < 4.78 is 20.6. The monoisotopic (exact) mass is 1250 g/mol. The van der Waals surface area contributed by atoms with Gasteiger partial charge in [0, 0.05) is 54.6 Å². The second kappa shape index (κ2) is 28.0. The maximum absolute atomic E-state index is 14.3. The van der Waals surface area contributed by atoms with Gasteiger partial charge in [-0.15, -0.1) is 68.0 Å². The molecule has 84 heavy (non-hydrogen) atoms. The zero-order valence-electron chi connectivity index (χ0n) is 46.3. The number of methoxy groups -OCH3 is 3. The van der Waals surface area contributed by atoms with Crippen molar-refractivity contribution in [1.82, 2.24) is 61.5 Å². The van der Waals surface area contributed by atoms with Crippen LogP contribution in [0, 0.1) is 12.8 Å². The summed E-state index contributed by atoms with van der Waals surface area (Å²) in [5.41, 5.74) is 2.86. The van der Waals surface area contributed by atoms with Gasteiger partial charge in [-0.2, -0.15) is 0 Å². The number of ether oxygens (including phenoxy) is 4. The van der Waals surface area contributed by atoms with Crippen LogP contribution in [0.15, 0.2) is 64.8 Å². The average molecular weight is 1260 g/mol. The van der Waals surface area contributed by atoms with Gasteiger partial charge in [-0.3, -0.25) is 33.6 Å². The number of hydrogen-bond donors (Lipinski definition) is 5. The Morgan fingerprint density at radius 2 is 1.39 bits per heavy atom. The van der Waals surface area contributed by atoms with Crippen molar-refractivity contribution < 1.29 is 57.3 Å². The van der Waals surface area contributed by atoms with E-state index >= 15 is 0 Å². The summed E-state index contributed by atoms with van der Waals surface area (Å²) >= 11 is 7.06. The highest BCUT2D eigenvalue weighted by atomic mass is 32.1. The lowest BCUT2D eigenvalue weighted by atomic mass is 10.0. The Bertz CT molecular complexity index is 3740. The van der Waals surface area contributed by atoms with Gasteiger partial charge in [-0.25, -0.2) is 39.7 Å². The summed E-state index contributed by atoms with van der Waals surface area (Å²) in [6.45, 7) is 7.76. The van der Waals surface area contributed by atoms with E-state index in [0.717, 1.165) is 34.0 Å². The van der Waals surface area contributed by atoms with Gasteiger partial charge >= 0.3 is 17.9 Å². The van der Waals surface area contributed by atoms with Crippen LogP contribution in [-0.4, -0.2) is 117 Å². The molecule has 0 bridgehead atoms. The Balaban J connectivity index is 1.07. The topological polar surface area (TPSA) is 324 Å². The number of aryl methyl sites for hydroxylation is 1. The fourth-order valence-electron chi connectivity index (χ4n) is 8.14. The number of hydrogen-bond acceptors (Lipinski definition) is 25. The van der Waals surface area contributed by atoms with Crippen molar-refractivity contribution in [3.8, 4) is 43.4 Å². The maximum Gasteiger partial charge on any atom is 0.349 e. The standard InChI is InChI=1S/C54H54N12O12S6/c1-24(2)39(53-66-42(36(84-53)20-75-7)46(72)56-19-38(70)76-8)64-47(73)40-25(3)82-51(65-40)31(17-37(69)55-6)60-45(71)33-22-79-48(62-33)29-15-16-30(49-57-18-35(83-49)54(74)77-9)59-41(29)32-21-80-50(61-32)34-23-81-52(63-34)43(58-26(4)67)44(78-27(5)68)28-13-11-10-12-14-28/h10-16,18,21-24,31,39,43-44H,17,19-20H2,1-9H3,(H,55,69)(H,56,72)(H,58,67)(H,60,71)(H,64,73)/t31-,39-,43-,44?/m0/s1. The number of esters is 3. The summed E-state index contributed by atoms with van der Waals surface area (Å²) in [5, 5.41) is 21.4. The number of benzene rings is 1. The molecule has 0 aliphatic heterocycles. The van der Waals surface area contributed by atoms with Gasteiger partial charge in [0.05, 0.1) is 56.1 Å². The molecule has 0 aliphatic rings. The van der Waals surface area contributed by atoms with E-state index in [0.29, 0.717) is 68.7 Å². The third-order valence-corrected chi connectivity index (χ3v) is 18.0. The van der Waals surface area contributed by atoms with Crippen molar-refractivity contribution in [1.29, 1.82) is 0 Å². The van der Waals surface area contributed by atoms with E-state index in [9.17, 15) is 38.4 Å². The molecule has 438 valence electrons. The molecule has 0 spiro atoms. The number of nitrogens with one attached hydrogen (secondary N) is 5. The molecule has 8 aromatic rings. The first-order chi connectivity index (χ1) is 40.3. The van der Waals surface area contributed by atoms with Crippen molar-refractivity contribution in [3.05, 3.63) is 117 Å². The number of nitrogens with zero attached hydrogens (tertiary/aromatic N) is 7. The average Bonchev–Trinajstić information content (AvgIpc) is 4.33. The Morgan fingerprint density at radius 1 is 0.655 bits per heavy atom. The smallest absolute Gasteiger partial charge is 0.349 e. The number of carbonyl (C=O) groups is 8. The van der Waals surface area contributed by atoms with Gasteiger partial charge in [0.1, 0.15) is 81.7 Å². The van der Waals surface area contributed by atoms with Crippen molar-refractivity contribution >= 4 is 115 Å². The van der Waals surface area contributed by atoms with E-state index in [1.807, 2.05) is 19.9 Å². The van der Waals surface area contributed by atoms with Gasteiger partial charge in [-0.1, -0.05) is 44.2 Å². The molecule has 0 aliphatic carbocycles. The molecule has 5 amide bonds. The third kappa shape index (κ3) is 14.8. The highest BCUT2D eigenvalue weighted by Crippen LogP contribution is 2.41. The molecule has 7 heterocycles. The highest BCUT2D eigenvalue weighted by Gasteiger charge is 2.34. The predicted octanol–water partition coefficient (Wildman–Crippen LogP) is 7.85. The number of pyridine rings is 1. The number of carbonyl (C=O) groups excluding carboxylic acids is 8. The summed E-state index contributed by atoms with van der Waals surface area (Å²) in [7, 11) is 5.40. The number of aromatic nitrogens is 7. The molecule has 4 atom stereocenters. The summed E-state index contributed by atoms with van der Waals surface area (Å²) in [6.07, 6.45) is 0.259. The molecule has 24 nitrogen and oxygen atoms in total. The van der Waals surface area contributed by atoms with Gasteiger partial charge in [0.15, 0.2) is 6.10 Å². The molecule has 7 aromatic heterocycles. The van der Waals surface area contributed by atoms with Crippen LogP contribution in [0.1, 0.15) is 130 Å². The first-order valence-corrected chi connectivity index (χ1v) is 30.4. The van der Waals surface area contributed by atoms with Crippen LogP contribution in [0.4, 0.5) is 0 Å². The fraction of sp³-hybridized carbons (Fsp3) is 0.315. The summed E-state index contributed by atoms with van der Waals surface area (Å²) in [4.78, 5) is 138. The van der Waals surface area contributed by atoms with Crippen molar-refractivity contribution in [2.24, 2.45) is 5.92 Å². The lowest BCUT2D eigenvalue weighted by Crippen LogP contribution is -2.34. The Kier molecular flexibility index (Phi) is 20.6. The Morgan fingerprint density at radius 3 is 2.08 bits per heavy atom. The zero-order chi connectivity index (χ0) is 60.4. The molecule has 0 fully saturated rings. The summed E-state index contributed by atoms with van der Waals surface area (Å²) in [5.74, 6) is -4.59. The predicted molar refractivity (Wildman–Crippen MR) is 315 cm³/mol. The van der Waals surface area contributed by atoms with Gasteiger partial charge in [-0.05, 0) is 30.5 Å². The second-order valence-corrected chi connectivity index (χ2v) is 24.4. The molecule has 5 N–H and O–H groups in total. The Hall–Kier alpha value is -8.13. The number of rotatable bonds is 24. The minimum atomic E-state index is -1.01. The molecule has 1 unspecified atom stereocenters. The van der Waals surface area contributed by atoms with Crippen LogP contribution in [0.25, 0.3) is 43.4 Å². The third-order valence-electron chi connectivity index (χ3n) is 12.2. The SMILES string of the molecule is CNC(=O)C[C@H](NC(=O)c1csc(-c2ccc(-c3ncc(C(=O)OC)s3)nc2-c2csc(-c3csc([C@@H](NC(C)=O)C(OC(C)=O)c4ccccc4)n3)n2)n1)c1nc(C(=O)N[C@H](c2nc(C(=O)NCC(=O)OC)c(COC)s2)C(C)C)c(C)s1. The fourth-order valence-corrected chi connectivity index (χ4v) is 13.7. The molecular formula is C54H54N12O12S6. The molecule has 8 rings (SSSR count). The van der Waals surface area contributed by atoms with Crippen molar-refractivity contribution in [2.75, 3.05) is 34.9 Å². The Labute approximate surface area is 504 Å². The normalized spacial score (nSPS) is 12.6. The maximum atomic E-state index is 14.3. The zero-order valence-corrected chi connectivity index (χ0v) is 51.2. The quantitative estimate of drug-likeness (QED) is 0.0284. The van der Waals surface area contributed by atoms with E-state index in [1.165, 1.54) is 82.4 Å². The van der Waals surface area contributed by atoms with E-state index in [2.05, 4.69) is 46.3 Å². The molecule has 0 saturated heterocycles. The van der Waals surface area contributed by atoms with Crippen LogP contribution < -0.4 is 26.6 Å². The van der Waals surface area contributed by atoms with Crippen LogP contribution in [0.5, 0.6) is 0 Å². The minimum Gasteiger partial charge on any atom is -0.468 e. The van der Waals surface area contributed by atoms with E-state index in [4.69, 9.17) is 34.1 Å². The van der Waals surface area contributed by atoms with Crippen LogP contribution in [-0.2, 0) is 44.7 Å². The van der Waals surface area contributed by atoms with E-state index < -0.39 is 65.8 Å². The number of thiazole rings is 6. The largest absolute Gasteiger partial charge is 0.468 e. The van der Waals surface area contributed by atoms with Crippen molar-refractivity contribution in [3.63, 3.8) is 0 Å². The molecule has 1 aromatic carbocycles. The minimum absolute atomic E-state index is 0.000451.